The minimum atomic E-state index is -4.71. The van der Waals surface area contributed by atoms with E-state index in [1.54, 1.807) is 0 Å². The highest BCUT2D eigenvalue weighted by atomic mass is 35.5. The third-order valence-electron chi connectivity index (χ3n) is 6.52. The molecule has 0 spiro atoms. The fraction of sp³-hybridized carbons (Fsp3) is 0.632. The molecule has 0 unspecified atom stereocenters. The summed E-state index contributed by atoms with van der Waals surface area (Å²) in [6.45, 7) is -0.691. The van der Waals surface area contributed by atoms with Crippen molar-refractivity contribution in [2.75, 3.05) is 0 Å². The Kier molecular flexibility index (Phi) is 4.91. The first-order chi connectivity index (χ1) is 13.6. The van der Waals surface area contributed by atoms with E-state index >= 15 is 0 Å². The van der Waals surface area contributed by atoms with Crippen molar-refractivity contribution in [3.8, 4) is 0 Å². The van der Waals surface area contributed by atoms with Crippen molar-refractivity contribution >= 4 is 23.4 Å². The first-order valence-corrected chi connectivity index (χ1v) is 10.00. The summed E-state index contributed by atoms with van der Waals surface area (Å²) in [6, 6.07) is 0.521. The summed E-state index contributed by atoms with van der Waals surface area (Å²) in [5, 5.41) is -0.634. The lowest BCUT2D eigenvalue weighted by molar-refractivity contribution is -0.149. The van der Waals surface area contributed by atoms with E-state index in [1.807, 2.05) is 0 Å². The molecule has 0 aromatic carbocycles. The van der Waals surface area contributed by atoms with Gasteiger partial charge in [0.15, 0.2) is 0 Å². The molecule has 4 aliphatic rings. The third kappa shape index (κ3) is 3.89. The van der Waals surface area contributed by atoms with E-state index in [-0.39, 0.29) is 5.91 Å². The van der Waals surface area contributed by atoms with Crippen molar-refractivity contribution in [2.24, 2.45) is 23.2 Å². The van der Waals surface area contributed by atoms with Gasteiger partial charge in [0, 0.05) is 6.20 Å². The van der Waals surface area contributed by atoms with Gasteiger partial charge < -0.3 is 4.57 Å². The maximum atomic E-state index is 12.9. The molecule has 10 heteroatoms. The molecular weight excluding hydrogens is 411 g/mol. The first-order valence-electron chi connectivity index (χ1n) is 9.62. The van der Waals surface area contributed by atoms with E-state index in [1.165, 1.54) is 0 Å². The van der Waals surface area contributed by atoms with Gasteiger partial charge in [0.2, 0.25) is 5.91 Å². The minimum absolute atomic E-state index is 0.251. The Morgan fingerprint density at radius 3 is 2.17 bits per heavy atom. The van der Waals surface area contributed by atoms with Gasteiger partial charge in [-0.05, 0) is 62.3 Å². The lowest BCUT2D eigenvalue weighted by atomic mass is 9.49. The molecular formula is C19H21ClF3N3O3. The lowest BCUT2D eigenvalue weighted by Crippen LogP contribution is -2.57. The number of halogens is 4. The SMILES string of the molecule is O=C(Cn1cc(C(F)(F)F)cc(Cl)c1=O)NNC(=O)C12CC3CC(CC(C3)C1)C2. The van der Waals surface area contributed by atoms with Crippen LogP contribution in [-0.4, -0.2) is 16.4 Å². The fourth-order valence-corrected chi connectivity index (χ4v) is 5.94. The number of nitrogens with one attached hydrogen (secondary N) is 2. The average molecular weight is 432 g/mol. The summed E-state index contributed by atoms with van der Waals surface area (Å²) in [7, 11) is 0. The van der Waals surface area contributed by atoms with E-state index in [0.29, 0.717) is 34.6 Å². The van der Waals surface area contributed by atoms with Crippen LogP contribution in [-0.2, 0) is 22.3 Å². The van der Waals surface area contributed by atoms with Gasteiger partial charge in [0.05, 0.1) is 11.0 Å². The van der Waals surface area contributed by atoms with Crippen LogP contribution in [0.3, 0.4) is 0 Å². The van der Waals surface area contributed by atoms with Gasteiger partial charge in [0.25, 0.3) is 11.5 Å². The molecule has 4 bridgehead atoms. The maximum Gasteiger partial charge on any atom is 0.417 e. The monoisotopic (exact) mass is 431 g/mol. The summed E-state index contributed by atoms with van der Waals surface area (Å²) < 4.78 is 39.3. The summed E-state index contributed by atoms with van der Waals surface area (Å²) >= 11 is 5.58. The number of amides is 2. The van der Waals surface area contributed by atoms with Crippen LogP contribution in [0.25, 0.3) is 0 Å². The zero-order chi connectivity index (χ0) is 21.0. The second-order valence-corrected chi connectivity index (χ2v) is 9.11. The number of carbonyl (C=O) groups excluding carboxylic acids is 2. The lowest BCUT2D eigenvalue weighted by Gasteiger charge is -2.55. The fourth-order valence-electron chi connectivity index (χ4n) is 5.71. The van der Waals surface area contributed by atoms with Crippen molar-refractivity contribution < 1.29 is 22.8 Å². The predicted octanol–water partition coefficient (Wildman–Crippen LogP) is 2.88. The number of aromatic nitrogens is 1. The number of alkyl halides is 3. The van der Waals surface area contributed by atoms with Crippen molar-refractivity contribution in [3.05, 3.63) is 33.2 Å². The van der Waals surface area contributed by atoms with Crippen LogP contribution in [0.1, 0.15) is 44.1 Å². The third-order valence-corrected chi connectivity index (χ3v) is 6.79. The Labute approximate surface area is 169 Å². The summed E-state index contributed by atoms with van der Waals surface area (Å²) in [4.78, 5) is 36.9. The van der Waals surface area contributed by atoms with Crippen molar-refractivity contribution in [1.82, 2.24) is 15.4 Å². The number of carbonyl (C=O) groups is 2. The molecule has 158 valence electrons. The topological polar surface area (TPSA) is 80.2 Å². The van der Waals surface area contributed by atoms with E-state index < -0.39 is 40.2 Å². The molecule has 4 fully saturated rings. The van der Waals surface area contributed by atoms with E-state index in [9.17, 15) is 27.6 Å². The predicted molar refractivity (Wildman–Crippen MR) is 97.6 cm³/mol. The van der Waals surface area contributed by atoms with Crippen LogP contribution in [0.15, 0.2) is 17.1 Å². The molecule has 1 aromatic heterocycles. The zero-order valence-corrected chi connectivity index (χ0v) is 16.3. The Hall–Kier alpha value is -2.03. The summed E-state index contributed by atoms with van der Waals surface area (Å²) in [5.74, 6) is 0.593. The number of hydrogen-bond donors (Lipinski definition) is 2. The van der Waals surface area contributed by atoms with Gasteiger partial charge in [-0.15, -0.1) is 0 Å². The summed E-state index contributed by atoms with van der Waals surface area (Å²) in [5.41, 5.74) is 2.15. The molecule has 4 saturated carbocycles. The summed E-state index contributed by atoms with van der Waals surface area (Å²) in [6.07, 6.45) is 1.75. The normalized spacial score (nSPS) is 30.3. The van der Waals surface area contributed by atoms with Gasteiger partial charge in [-0.3, -0.25) is 25.2 Å². The number of hydrogen-bond acceptors (Lipinski definition) is 3. The molecule has 0 atom stereocenters. The highest BCUT2D eigenvalue weighted by Crippen LogP contribution is 2.60. The first kappa shape index (κ1) is 20.3. The van der Waals surface area contributed by atoms with E-state index in [4.69, 9.17) is 11.6 Å². The van der Waals surface area contributed by atoms with Crippen LogP contribution in [0.4, 0.5) is 13.2 Å². The Morgan fingerprint density at radius 1 is 1.10 bits per heavy atom. The molecule has 6 nitrogen and oxygen atoms in total. The van der Waals surface area contributed by atoms with Crippen LogP contribution in [0.2, 0.25) is 5.02 Å². The van der Waals surface area contributed by atoms with Crippen LogP contribution in [0, 0.1) is 23.2 Å². The largest absolute Gasteiger partial charge is 0.417 e. The molecule has 2 amide bonds. The maximum absolute atomic E-state index is 12.9. The second kappa shape index (κ2) is 7.04. The molecule has 0 saturated heterocycles. The molecule has 2 N–H and O–H groups in total. The Morgan fingerprint density at radius 2 is 1.66 bits per heavy atom. The van der Waals surface area contributed by atoms with Gasteiger partial charge in [-0.2, -0.15) is 13.2 Å². The van der Waals surface area contributed by atoms with Crippen molar-refractivity contribution in [3.63, 3.8) is 0 Å². The van der Waals surface area contributed by atoms with Gasteiger partial charge in [0.1, 0.15) is 11.6 Å². The molecule has 0 radical (unpaired) electrons. The smallest absolute Gasteiger partial charge is 0.304 e. The quantitative estimate of drug-likeness (QED) is 0.722. The number of pyridine rings is 1. The number of rotatable bonds is 3. The van der Waals surface area contributed by atoms with Gasteiger partial charge in [-0.1, -0.05) is 11.6 Å². The molecule has 29 heavy (non-hydrogen) atoms. The molecule has 5 rings (SSSR count). The van der Waals surface area contributed by atoms with E-state index in [0.717, 1.165) is 38.5 Å². The van der Waals surface area contributed by atoms with Crippen molar-refractivity contribution in [1.29, 1.82) is 0 Å². The molecule has 1 aromatic rings. The molecule has 0 aliphatic heterocycles. The van der Waals surface area contributed by atoms with Gasteiger partial charge >= 0.3 is 6.18 Å². The Bertz CT molecular complexity index is 877. The molecule has 1 heterocycles. The minimum Gasteiger partial charge on any atom is -0.304 e. The number of nitrogens with zero attached hydrogens (tertiary/aromatic N) is 1. The highest BCUT2D eigenvalue weighted by Gasteiger charge is 2.54. The Balaban J connectivity index is 1.40. The van der Waals surface area contributed by atoms with E-state index in [2.05, 4.69) is 10.9 Å². The average Bonchev–Trinajstić information content (AvgIpc) is 2.61. The second-order valence-electron chi connectivity index (χ2n) is 8.71. The van der Waals surface area contributed by atoms with Crippen LogP contribution < -0.4 is 16.4 Å². The zero-order valence-electron chi connectivity index (χ0n) is 15.5. The highest BCUT2D eigenvalue weighted by molar-refractivity contribution is 6.30. The standard InChI is InChI=1S/C19H21ClF3N3O3/c20-14-4-13(19(21,22)23)8-26(16(14)28)9-15(27)24-25-17(29)18-5-10-1-11(6-18)3-12(2-10)7-18/h4,8,10-12H,1-3,5-7,9H2,(H,24,27)(H,25,29). The van der Waals surface area contributed by atoms with Crippen LogP contribution in [0.5, 0.6) is 0 Å². The molecule has 4 aliphatic carbocycles. The number of hydrazine groups is 1. The van der Waals surface area contributed by atoms with Gasteiger partial charge in [-0.25, -0.2) is 0 Å². The van der Waals surface area contributed by atoms with Crippen molar-refractivity contribution in [2.45, 2.75) is 51.2 Å². The van der Waals surface area contributed by atoms with Crippen LogP contribution >= 0.6 is 11.6 Å².